The van der Waals surface area contributed by atoms with Gasteiger partial charge in [-0.05, 0) is 23.6 Å². The molecule has 0 atom stereocenters. The van der Waals surface area contributed by atoms with Crippen molar-refractivity contribution in [1.82, 2.24) is 14.5 Å². The van der Waals surface area contributed by atoms with Gasteiger partial charge in [0, 0.05) is 18.2 Å². The molecule has 0 unspecified atom stereocenters. The van der Waals surface area contributed by atoms with E-state index in [1.807, 2.05) is 35.0 Å². The number of hydrogen-bond donors (Lipinski definition) is 0. The Hall–Kier alpha value is -2.36. The number of thiazole rings is 1. The van der Waals surface area contributed by atoms with Gasteiger partial charge in [-0.3, -0.25) is 9.36 Å². The maximum Gasteiger partial charge on any atom is 0.271 e. The van der Waals surface area contributed by atoms with Crippen molar-refractivity contribution in [2.45, 2.75) is 10.9 Å². The number of hydrogen-bond acceptors (Lipinski definition) is 8. The van der Waals surface area contributed by atoms with Gasteiger partial charge in [-0.15, -0.1) is 22.7 Å². The van der Waals surface area contributed by atoms with Crippen LogP contribution >= 0.6 is 34.4 Å². The van der Waals surface area contributed by atoms with Crippen LogP contribution < -0.4 is 15.0 Å². The fourth-order valence-electron chi connectivity index (χ4n) is 2.79. The lowest BCUT2D eigenvalue weighted by Crippen LogP contribution is -2.18. The Labute approximate surface area is 173 Å². The van der Waals surface area contributed by atoms with E-state index in [1.54, 1.807) is 37.2 Å². The first-order valence-corrected chi connectivity index (χ1v) is 11.1. The fourth-order valence-corrected chi connectivity index (χ4v) is 5.40. The predicted octanol–water partition coefficient (Wildman–Crippen LogP) is 4.43. The molecule has 0 N–H and O–H groups in total. The van der Waals surface area contributed by atoms with Crippen molar-refractivity contribution >= 4 is 44.7 Å². The average Bonchev–Trinajstić information content (AvgIpc) is 3.38. The molecule has 0 saturated carbocycles. The minimum Gasteiger partial charge on any atom is -0.493 e. The first-order chi connectivity index (χ1) is 13.6. The van der Waals surface area contributed by atoms with E-state index in [-0.39, 0.29) is 5.56 Å². The Morgan fingerprint density at radius 1 is 1.14 bits per heavy atom. The molecular weight excluding hydrogens is 414 g/mol. The van der Waals surface area contributed by atoms with Crippen LogP contribution in [0.2, 0.25) is 0 Å². The van der Waals surface area contributed by atoms with Crippen LogP contribution in [0, 0.1) is 0 Å². The molecular formula is C19H17N3O3S3. The van der Waals surface area contributed by atoms with Crippen molar-refractivity contribution in [3.63, 3.8) is 0 Å². The van der Waals surface area contributed by atoms with E-state index in [2.05, 4.69) is 4.98 Å². The molecule has 0 saturated heterocycles. The van der Waals surface area contributed by atoms with Crippen molar-refractivity contribution in [2.75, 3.05) is 14.2 Å². The Balaban J connectivity index is 1.58. The molecule has 9 heteroatoms. The van der Waals surface area contributed by atoms with Gasteiger partial charge >= 0.3 is 0 Å². The maximum atomic E-state index is 12.4. The molecule has 4 aromatic rings. The summed E-state index contributed by atoms with van der Waals surface area (Å²) >= 11 is 4.47. The van der Waals surface area contributed by atoms with Crippen LogP contribution in [0.4, 0.5) is 0 Å². The molecule has 0 aliphatic carbocycles. The van der Waals surface area contributed by atoms with Crippen LogP contribution in [0.15, 0.2) is 45.0 Å². The van der Waals surface area contributed by atoms with Gasteiger partial charge in [-0.25, -0.2) is 9.97 Å². The van der Waals surface area contributed by atoms with Gasteiger partial charge in [0.1, 0.15) is 9.71 Å². The lowest BCUT2D eigenvalue weighted by Gasteiger charge is -2.10. The smallest absolute Gasteiger partial charge is 0.271 e. The molecule has 3 heterocycles. The summed E-state index contributed by atoms with van der Waals surface area (Å²) in [5.41, 5.74) is 2.56. The number of nitrogens with zero attached hydrogens (tertiary/aromatic N) is 3. The average molecular weight is 432 g/mol. The molecule has 144 valence electrons. The number of para-hydroxylation sites is 1. The summed E-state index contributed by atoms with van der Waals surface area (Å²) < 4.78 is 13.2. The third kappa shape index (κ3) is 3.41. The topological polar surface area (TPSA) is 66.2 Å². The summed E-state index contributed by atoms with van der Waals surface area (Å²) in [4.78, 5) is 21.8. The molecule has 0 spiro atoms. The zero-order valence-electron chi connectivity index (χ0n) is 15.5. The second-order valence-corrected chi connectivity index (χ2v) is 8.58. The highest BCUT2D eigenvalue weighted by Crippen LogP contribution is 2.39. The van der Waals surface area contributed by atoms with E-state index in [4.69, 9.17) is 14.5 Å². The first-order valence-electron chi connectivity index (χ1n) is 8.35. The molecule has 0 fully saturated rings. The summed E-state index contributed by atoms with van der Waals surface area (Å²) in [6.45, 7) is 0. The molecule has 0 aliphatic heterocycles. The standard InChI is InChI=1S/C19H17N3O3S3/c1-22-18(23)16-13(7-8-26-16)21-19(22)28-10-11-9-27-17(20-11)12-5-4-6-14(24-2)15(12)25-3/h4-9H,10H2,1-3H3. The van der Waals surface area contributed by atoms with Crippen LogP contribution in [-0.2, 0) is 12.8 Å². The zero-order chi connectivity index (χ0) is 19.7. The molecule has 0 amide bonds. The van der Waals surface area contributed by atoms with E-state index in [0.717, 1.165) is 21.8 Å². The second-order valence-electron chi connectivity index (χ2n) is 5.87. The van der Waals surface area contributed by atoms with Crippen molar-refractivity contribution in [2.24, 2.45) is 7.05 Å². The zero-order valence-corrected chi connectivity index (χ0v) is 17.9. The Morgan fingerprint density at radius 2 is 2.00 bits per heavy atom. The Kier molecular flexibility index (Phi) is 5.38. The number of ether oxygens (including phenoxy) is 2. The number of aromatic nitrogens is 3. The van der Waals surface area contributed by atoms with Crippen LogP contribution in [-0.4, -0.2) is 28.8 Å². The van der Waals surface area contributed by atoms with Gasteiger partial charge in [0.2, 0.25) is 0 Å². The van der Waals surface area contributed by atoms with Crippen LogP contribution in [0.25, 0.3) is 20.8 Å². The number of thioether (sulfide) groups is 1. The molecule has 0 bridgehead atoms. The van der Waals surface area contributed by atoms with E-state index in [1.165, 1.54) is 23.1 Å². The summed E-state index contributed by atoms with van der Waals surface area (Å²) in [6.07, 6.45) is 0. The lowest BCUT2D eigenvalue weighted by atomic mass is 10.2. The quantitative estimate of drug-likeness (QED) is 0.332. The molecule has 1 aromatic carbocycles. The van der Waals surface area contributed by atoms with Gasteiger partial charge in [0.05, 0.1) is 31.0 Å². The molecule has 3 aromatic heterocycles. The van der Waals surface area contributed by atoms with Gasteiger partial charge < -0.3 is 9.47 Å². The maximum absolute atomic E-state index is 12.4. The molecule has 4 rings (SSSR count). The first kappa shape index (κ1) is 19.0. The van der Waals surface area contributed by atoms with Crippen LogP contribution in [0.1, 0.15) is 5.69 Å². The highest BCUT2D eigenvalue weighted by atomic mass is 32.2. The number of rotatable bonds is 6. The highest BCUT2D eigenvalue weighted by molar-refractivity contribution is 7.98. The highest BCUT2D eigenvalue weighted by Gasteiger charge is 2.15. The Bertz CT molecular complexity index is 1200. The summed E-state index contributed by atoms with van der Waals surface area (Å²) in [6, 6.07) is 7.62. The summed E-state index contributed by atoms with van der Waals surface area (Å²) in [5.74, 6) is 1.97. The second kappa shape index (κ2) is 7.94. The van der Waals surface area contributed by atoms with Crippen molar-refractivity contribution in [3.05, 3.63) is 51.1 Å². The van der Waals surface area contributed by atoms with Crippen molar-refractivity contribution in [1.29, 1.82) is 0 Å². The van der Waals surface area contributed by atoms with E-state index < -0.39 is 0 Å². The third-order valence-corrected chi connectivity index (χ3v) is 7.06. The largest absolute Gasteiger partial charge is 0.493 e. The number of thiophene rings is 1. The van der Waals surface area contributed by atoms with Crippen LogP contribution in [0.5, 0.6) is 11.5 Å². The van der Waals surface area contributed by atoms with E-state index in [0.29, 0.717) is 27.1 Å². The molecule has 28 heavy (non-hydrogen) atoms. The van der Waals surface area contributed by atoms with Crippen LogP contribution in [0.3, 0.4) is 0 Å². The van der Waals surface area contributed by atoms with Crippen molar-refractivity contribution < 1.29 is 9.47 Å². The minimum absolute atomic E-state index is 0.0115. The SMILES string of the molecule is COc1cccc(-c2nc(CSc3nc4ccsc4c(=O)n3C)cs2)c1OC. The molecule has 0 radical (unpaired) electrons. The number of fused-ring (bicyclic) bond motifs is 1. The molecule has 0 aliphatic rings. The van der Waals surface area contributed by atoms with Crippen molar-refractivity contribution in [3.8, 4) is 22.1 Å². The summed E-state index contributed by atoms with van der Waals surface area (Å²) in [7, 11) is 5.00. The Morgan fingerprint density at radius 3 is 2.79 bits per heavy atom. The predicted molar refractivity (Wildman–Crippen MR) is 115 cm³/mol. The monoisotopic (exact) mass is 431 g/mol. The number of methoxy groups -OCH3 is 2. The van der Waals surface area contributed by atoms with Gasteiger partial charge in [0.15, 0.2) is 16.7 Å². The third-order valence-electron chi connectivity index (χ3n) is 4.18. The van der Waals surface area contributed by atoms with E-state index >= 15 is 0 Å². The van der Waals surface area contributed by atoms with Gasteiger partial charge in [-0.2, -0.15) is 0 Å². The fraction of sp³-hybridized carbons (Fsp3) is 0.211. The minimum atomic E-state index is -0.0115. The number of benzene rings is 1. The lowest BCUT2D eigenvalue weighted by molar-refractivity contribution is 0.356. The van der Waals surface area contributed by atoms with E-state index in [9.17, 15) is 4.79 Å². The normalized spacial score (nSPS) is 11.1. The van der Waals surface area contributed by atoms with Gasteiger partial charge in [0.25, 0.3) is 5.56 Å². The molecule has 6 nitrogen and oxygen atoms in total. The summed E-state index contributed by atoms with van der Waals surface area (Å²) in [5, 5.41) is 5.45. The van der Waals surface area contributed by atoms with Gasteiger partial charge in [-0.1, -0.05) is 17.8 Å².